The number of amides is 1. The SMILES string of the molecule is C[C@@H](Nc1ncnc2cc(OC(F)(F)F)c(F)cc12)C(=O)N1CCC1. The summed E-state index contributed by atoms with van der Waals surface area (Å²) in [5.41, 5.74) is 0.0572. The molecular weight excluding hydrogens is 344 g/mol. The predicted octanol–water partition coefficient (Wildman–Crippen LogP) is 2.70. The van der Waals surface area contributed by atoms with Crippen LogP contribution in [0.4, 0.5) is 23.4 Å². The van der Waals surface area contributed by atoms with Gasteiger partial charge in [0.05, 0.1) is 5.52 Å². The summed E-state index contributed by atoms with van der Waals surface area (Å²) in [7, 11) is 0. The molecule has 1 N–H and O–H groups in total. The van der Waals surface area contributed by atoms with Crippen molar-refractivity contribution in [2.24, 2.45) is 0 Å². The van der Waals surface area contributed by atoms with Crippen molar-refractivity contribution in [3.8, 4) is 5.75 Å². The fraction of sp³-hybridized carbons (Fsp3) is 0.400. The second kappa shape index (κ2) is 6.34. The minimum absolute atomic E-state index is 0.0572. The maximum absolute atomic E-state index is 13.9. The first-order valence-electron chi connectivity index (χ1n) is 7.50. The lowest BCUT2D eigenvalue weighted by atomic mass is 10.1. The van der Waals surface area contributed by atoms with Gasteiger partial charge in [0.2, 0.25) is 5.91 Å². The zero-order valence-corrected chi connectivity index (χ0v) is 13.1. The first-order valence-corrected chi connectivity index (χ1v) is 7.50. The number of nitrogens with one attached hydrogen (secondary N) is 1. The molecule has 0 spiro atoms. The van der Waals surface area contributed by atoms with E-state index < -0.39 is 24.0 Å². The predicted molar refractivity (Wildman–Crippen MR) is 80.5 cm³/mol. The quantitative estimate of drug-likeness (QED) is 0.852. The largest absolute Gasteiger partial charge is 0.573 e. The van der Waals surface area contributed by atoms with Gasteiger partial charge in [0, 0.05) is 24.5 Å². The van der Waals surface area contributed by atoms with Crippen LogP contribution in [0.3, 0.4) is 0 Å². The number of carbonyl (C=O) groups excluding carboxylic acids is 1. The standard InChI is InChI=1S/C15H14F4N4O2/c1-8(14(24)23-3-2-4-23)22-13-9-5-10(16)12(25-15(17,18)19)6-11(9)20-7-21-13/h5-8H,2-4H2,1H3,(H,20,21,22)/t8-/m1/s1. The second-order valence-electron chi connectivity index (χ2n) is 5.61. The average molecular weight is 358 g/mol. The smallest absolute Gasteiger partial charge is 0.403 e. The molecule has 134 valence electrons. The molecule has 0 unspecified atom stereocenters. The van der Waals surface area contributed by atoms with Crippen LogP contribution >= 0.6 is 0 Å². The number of nitrogens with zero attached hydrogens (tertiary/aromatic N) is 3. The molecule has 0 saturated carbocycles. The Morgan fingerprint density at radius 2 is 2.04 bits per heavy atom. The first-order chi connectivity index (χ1) is 11.7. The van der Waals surface area contributed by atoms with Gasteiger partial charge in [0.15, 0.2) is 11.6 Å². The van der Waals surface area contributed by atoms with Gasteiger partial charge in [-0.25, -0.2) is 14.4 Å². The van der Waals surface area contributed by atoms with Crippen LogP contribution in [0.5, 0.6) is 5.75 Å². The fourth-order valence-corrected chi connectivity index (χ4v) is 2.45. The Bertz CT molecular complexity index is 808. The third-order valence-electron chi connectivity index (χ3n) is 3.81. The molecular formula is C15H14F4N4O2. The minimum atomic E-state index is -5.01. The van der Waals surface area contributed by atoms with Crippen molar-refractivity contribution in [1.29, 1.82) is 0 Å². The molecule has 1 saturated heterocycles. The zero-order valence-electron chi connectivity index (χ0n) is 13.1. The van der Waals surface area contributed by atoms with Crippen LogP contribution in [0.15, 0.2) is 18.5 Å². The lowest BCUT2D eigenvalue weighted by molar-refractivity contribution is -0.275. The number of rotatable bonds is 4. The number of hydrogen-bond donors (Lipinski definition) is 1. The number of benzene rings is 1. The lowest BCUT2D eigenvalue weighted by Crippen LogP contribution is -2.48. The van der Waals surface area contributed by atoms with Gasteiger partial charge in [0.1, 0.15) is 18.2 Å². The van der Waals surface area contributed by atoms with Gasteiger partial charge < -0.3 is 15.0 Å². The third kappa shape index (κ3) is 3.72. The van der Waals surface area contributed by atoms with Crippen LogP contribution < -0.4 is 10.1 Å². The van der Waals surface area contributed by atoms with Crippen molar-refractivity contribution < 1.29 is 27.1 Å². The van der Waals surface area contributed by atoms with Crippen LogP contribution in [0.1, 0.15) is 13.3 Å². The van der Waals surface area contributed by atoms with Crippen LogP contribution in [-0.4, -0.2) is 46.3 Å². The van der Waals surface area contributed by atoms with Crippen molar-refractivity contribution in [2.75, 3.05) is 18.4 Å². The van der Waals surface area contributed by atoms with E-state index in [1.165, 1.54) is 0 Å². The molecule has 1 aromatic carbocycles. The number of halogens is 4. The summed E-state index contributed by atoms with van der Waals surface area (Å²) < 4.78 is 54.5. The Hall–Kier alpha value is -2.65. The van der Waals surface area contributed by atoms with E-state index in [2.05, 4.69) is 20.0 Å². The number of hydrogen-bond acceptors (Lipinski definition) is 5. The number of carbonyl (C=O) groups is 1. The molecule has 1 aliphatic rings. The third-order valence-corrected chi connectivity index (χ3v) is 3.81. The normalized spacial score (nSPS) is 15.6. The summed E-state index contributed by atoms with van der Waals surface area (Å²) in [6.45, 7) is 3.00. The van der Waals surface area contributed by atoms with Crippen LogP contribution in [0.2, 0.25) is 0 Å². The summed E-state index contributed by atoms with van der Waals surface area (Å²) in [5, 5.41) is 3.01. The van der Waals surface area contributed by atoms with Gasteiger partial charge in [-0.3, -0.25) is 4.79 Å². The molecule has 1 amide bonds. The molecule has 0 bridgehead atoms. The van der Waals surface area contributed by atoms with E-state index in [0.29, 0.717) is 13.1 Å². The number of anilines is 1. The maximum atomic E-state index is 13.9. The second-order valence-corrected chi connectivity index (χ2v) is 5.61. The van der Waals surface area contributed by atoms with Crippen LogP contribution in [0, 0.1) is 5.82 Å². The summed E-state index contributed by atoms with van der Waals surface area (Å²) in [5.74, 6) is -2.15. The van der Waals surface area contributed by atoms with Gasteiger partial charge in [-0.05, 0) is 19.4 Å². The van der Waals surface area contributed by atoms with E-state index in [9.17, 15) is 22.4 Å². The van der Waals surface area contributed by atoms with Crippen molar-refractivity contribution in [3.05, 3.63) is 24.3 Å². The highest BCUT2D eigenvalue weighted by Crippen LogP contribution is 2.31. The minimum Gasteiger partial charge on any atom is -0.403 e. The average Bonchev–Trinajstić information content (AvgIpc) is 2.45. The summed E-state index contributed by atoms with van der Waals surface area (Å²) >= 11 is 0. The topological polar surface area (TPSA) is 67.4 Å². The monoisotopic (exact) mass is 358 g/mol. The fourth-order valence-electron chi connectivity index (χ4n) is 2.45. The van der Waals surface area contributed by atoms with Crippen molar-refractivity contribution >= 4 is 22.6 Å². The molecule has 2 aromatic rings. The summed E-state index contributed by atoms with van der Waals surface area (Å²) in [6.07, 6.45) is -2.95. The Morgan fingerprint density at radius 1 is 1.32 bits per heavy atom. The number of alkyl halides is 3. The lowest BCUT2D eigenvalue weighted by Gasteiger charge is -2.33. The first kappa shape index (κ1) is 17.2. The van der Waals surface area contributed by atoms with Gasteiger partial charge in [0.25, 0.3) is 0 Å². The molecule has 3 rings (SSSR count). The van der Waals surface area contributed by atoms with Gasteiger partial charge in [-0.1, -0.05) is 0 Å². The molecule has 0 aliphatic carbocycles. The van der Waals surface area contributed by atoms with Crippen LogP contribution in [-0.2, 0) is 4.79 Å². The molecule has 10 heteroatoms. The molecule has 1 aliphatic heterocycles. The van der Waals surface area contributed by atoms with E-state index in [0.717, 1.165) is 24.9 Å². The summed E-state index contributed by atoms with van der Waals surface area (Å²) in [4.78, 5) is 21.6. The maximum Gasteiger partial charge on any atom is 0.573 e. The Balaban J connectivity index is 1.88. The summed E-state index contributed by atoms with van der Waals surface area (Å²) in [6, 6.07) is 1.07. The zero-order chi connectivity index (χ0) is 18.2. The Kier molecular flexibility index (Phi) is 4.36. The van der Waals surface area contributed by atoms with E-state index in [1.54, 1.807) is 11.8 Å². The number of ether oxygens (including phenoxy) is 1. The highest BCUT2D eigenvalue weighted by molar-refractivity contribution is 5.92. The van der Waals surface area contributed by atoms with Crippen molar-refractivity contribution in [2.45, 2.75) is 25.7 Å². The van der Waals surface area contributed by atoms with E-state index in [1.807, 2.05) is 0 Å². The van der Waals surface area contributed by atoms with Gasteiger partial charge in [-0.15, -0.1) is 13.2 Å². The molecule has 6 nitrogen and oxygen atoms in total. The number of fused-ring (bicyclic) bond motifs is 1. The number of aromatic nitrogens is 2. The molecule has 1 aromatic heterocycles. The molecule has 1 atom stereocenters. The Morgan fingerprint density at radius 3 is 2.64 bits per heavy atom. The highest BCUT2D eigenvalue weighted by Gasteiger charge is 2.33. The number of likely N-dealkylation sites (tertiary alicyclic amines) is 1. The molecule has 1 fully saturated rings. The van der Waals surface area contributed by atoms with E-state index in [4.69, 9.17) is 0 Å². The van der Waals surface area contributed by atoms with Gasteiger partial charge >= 0.3 is 6.36 Å². The van der Waals surface area contributed by atoms with Crippen molar-refractivity contribution in [1.82, 2.24) is 14.9 Å². The van der Waals surface area contributed by atoms with E-state index >= 15 is 0 Å². The van der Waals surface area contributed by atoms with Crippen LogP contribution in [0.25, 0.3) is 10.9 Å². The van der Waals surface area contributed by atoms with Gasteiger partial charge in [-0.2, -0.15) is 0 Å². The highest BCUT2D eigenvalue weighted by atomic mass is 19.4. The Labute approximate surface area is 139 Å². The van der Waals surface area contributed by atoms with Crippen molar-refractivity contribution in [3.63, 3.8) is 0 Å². The van der Waals surface area contributed by atoms with E-state index in [-0.39, 0.29) is 22.6 Å². The molecule has 0 radical (unpaired) electrons. The molecule has 2 heterocycles. The molecule has 25 heavy (non-hydrogen) atoms.